The van der Waals surface area contributed by atoms with Gasteiger partial charge in [0.15, 0.2) is 11.3 Å². The molecule has 0 bridgehead atoms. The predicted molar refractivity (Wildman–Crippen MR) is 52.3 cm³/mol. The van der Waals surface area contributed by atoms with E-state index in [2.05, 4.69) is 15.1 Å². The Hall–Kier alpha value is -1.98. The number of ether oxygens (including phenoxy) is 1. The number of nitrogens with zero attached hydrogens (tertiary/aromatic N) is 4. The monoisotopic (exact) mass is 206 g/mol. The van der Waals surface area contributed by atoms with Crippen molar-refractivity contribution in [1.82, 2.24) is 19.7 Å². The molecule has 0 aliphatic rings. The molecule has 2 heterocycles. The topological polar surface area (TPSA) is 69.9 Å². The zero-order chi connectivity index (χ0) is 10.8. The highest BCUT2D eigenvalue weighted by Gasteiger charge is 2.15. The third-order valence-electron chi connectivity index (χ3n) is 2.00. The van der Waals surface area contributed by atoms with Crippen LogP contribution in [0.5, 0.6) is 0 Å². The fraction of sp³-hybridized carbons (Fsp3) is 0.333. The van der Waals surface area contributed by atoms with Crippen LogP contribution in [-0.2, 0) is 11.8 Å². The molecule has 0 aliphatic heterocycles. The summed E-state index contributed by atoms with van der Waals surface area (Å²) in [6, 6.07) is 0. The summed E-state index contributed by atoms with van der Waals surface area (Å²) in [5, 5.41) is 4.61. The molecule has 0 amide bonds. The molecule has 6 heteroatoms. The molecule has 0 radical (unpaired) electrons. The molecule has 2 aromatic heterocycles. The highest BCUT2D eigenvalue weighted by atomic mass is 16.5. The molecule has 0 aliphatic carbocycles. The maximum Gasteiger partial charge on any atom is 0.357 e. The Labute approximate surface area is 85.9 Å². The first kappa shape index (κ1) is 9.57. The Morgan fingerprint density at radius 2 is 2.33 bits per heavy atom. The first-order valence-corrected chi connectivity index (χ1v) is 4.54. The molecule has 0 fully saturated rings. The molecule has 15 heavy (non-hydrogen) atoms. The van der Waals surface area contributed by atoms with Crippen molar-refractivity contribution in [2.45, 2.75) is 6.92 Å². The number of hydrogen-bond acceptors (Lipinski definition) is 5. The van der Waals surface area contributed by atoms with Crippen LogP contribution in [0.2, 0.25) is 0 Å². The Morgan fingerprint density at radius 3 is 3.07 bits per heavy atom. The molecule has 2 aromatic rings. The highest BCUT2D eigenvalue weighted by Crippen LogP contribution is 2.13. The van der Waals surface area contributed by atoms with Crippen molar-refractivity contribution in [3.8, 4) is 0 Å². The Bertz CT molecular complexity index is 506. The fourth-order valence-electron chi connectivity index (χ4n) is 1.32. The van der Waals surface area contributed by atoms with Gasteiger partial charge in [0.1, 0.15) is 6.33 Å². The number of rotatable bonds is 2. The molecule has 0 spiro atoms. The van der Waals surface area contributed by atoms with Crippen molar-refractivity contribution in [1.29, 1.82) is 0 Å². The van der Waals surface area contributed by atoms with Gasteiger partial charge < -0.3 is 4.74 Å². The summed E-state index contributed by atoms with van der Waals surface area (Å²) < 4.78 is 6.46. The Kier molecular flexibility index (Phi) is 2.32. The van der Waals surface area contributed by atoms with E-state index in [0.29, 0.717) is 17.6 Å². The van der Waals surface area contributed by atoms with Gasteiger partial charge in [0, 0.05) is 7.05 Å². The number of carbonyl (C=O) groups excluding carboxylic acids is 1. The van der Waals surface area contributed by atoms with Crippen LogP contribution in [0.4, 0.5) is 0 Å². The molecule has 6 nitrogen and oxygen atoms in total. The molecule has 0 atom stereocenters. The van der Waals surface area contributed by atoms with Crippen molar-refractivity contribution in [2.24, 2.45) is 7.05 Å². The molecule has 0 N–H and O–H groups in total. The van der Waals surface area contributed by atoms with E-state index in [1.807, 2.05) is 0 Å². The normalized spacial score (nSPS) is 10.5. The van der Waals surface area contributed by atoms with Crippen molar-refractivity contribution in [2.75, 3.05) is 6.61 Å². The number of esters is 1. The number of aromatic nitrogens is 4. The van der Waals surface area contributed by atoms with Gasteiger partial charge in [0.2, 0.25) is 0 Å². The maximum atomic E-state index is 11.5. The third kappa shape index (κ3) is 1.54. The highest BCUT2D eigenvalue weighted by molar-refractivity contribution is 6.00. The standard InChI is InChI=1S/C9H10N4O2/c1-3-15-9(14)7-6-4-12-13(2)8(6)11-5-10-7/h4-5H,3H2,1-2H3. The van der Waals surface area contributed by atoms with E-state index in [9.17, 15) is 4.79 Å². The van der Waals surface area contributed by atoms with E-state index in [-0.39, 0.29) is 5.69 Å². The molecule has 0 unspecified atom stereocenters. The van der Waals surface area contributed by atoms with Gasteiger partial charge >= 0.3 is 5.97 Å². The molecule has 2 rings (SSSR count). The SMILES string of the molecule is CCOC(=O)c1ncnc2c1cnn2C. The summed E-state index contributed by atoms with van der Waals surface area (Å²) >= 11 is 0. The van der Waals surface area contributed by atoms with Crippen molar-refractivity contribution < 1.29 is 9.53 Å². The second-order valence-electron chi connectivity index (χ2n) is 2.95. The second kappa shape index (κ2) is 3.64. The molecular formula is C9H10N4O2. The lowest BCUT2D eigenvalue weighted by atomic mass is 10.3. The van der Waals surface area contributed by atoms with E-state index in [1.165, 1.54) is 6.33 Å². The van der Waals surface area contributed by atoms with Gasteiger partial charge in [-0.3, -0.25) is 4.68 Å². The minimum Gasteiger partial charge on any atom is -0.461 e. The van der Waals surface area contributed by atoms with Crippen LogP contribution in [0.15, 0.2) is 12.5 Å². The van der Waals surface area contributed by atoms with Crippen molar-refractivity contribution >= 4 is 17.0 Å². The minimum absolute atomic E-state index is 0.259. The molecular weight excluding hydrogens is 196 g/mol. The van der Waals surface area contributed by atoms with Gasteiger partial charge in [-0.25, -0.2) is 14.8 Å². The number of hydrogen-bond donors (Lipinski definition) is 0. The zero-order valence-corrected chi connectivity index (χ0v) is 8.47. The van der Waals surface area contributed by atoms with Crippen LogP contribution >= 0.6 is 0 Å². The summed E-state index contributed by atoms with van der Waals surface area (Å²) in [5.41, 5.74) is 0.878. The predicted octanol–water partition coefficient (Wildman–Crippen LogP) is 0.540. The van der Waals surface area contributed by atoms with E-state index < -0.39 is 5.97 Å². The quantitative estimate of drug-likeness (QED) is 0.671. The largest absolute Gasteiger partial charge is 0.461 e. The lowest BCUT2D eigenvalue weighted by Crippen LogP contribution is -2.08. The average molecular weight is 206 g/mol. The van der Waals surface area contributed by atoms with Crippen molar-refractivity contribution in [3.63, 3.8) is 0 Å². The van der Waals surface area contributed by atoms with E-state index in [0.717, 1.165) is 0 Å². The van der Waals surface area contributed by atoms with Gasteiger partial charge in [-0.05, 0) is 6.92 Å². The van der Waals surface area contributed by atoms with E-state index >= 15 is 0 Å². The van der Waals surface area contributed by atoms with E-state index in [4.69, 9.17) is 4.74 Å². The summed E-state index contributed by atoms with van der Waals surface area (Å²) in [5.74, 6) is -0.446. The Balaban J connectivity index is 2.56. The van der Waals surface area contributed by atoms with Crippen molar-refractivity contribution in [3.05, 3.63) is 18.2 Å². The second-order valence-corrected chi connectivity index (χ2v) is 2.95. The molecule has 0 saturated heterocycles. The number of fused-ring (bicyclic) bond motifs is 1. The van der Waals surface area contributed by atoms with Crippen LogP contribution in [-0.4, -0.2) is 32.3 Å². The Morgan fingerprint density at radius 1 is 1.53 bits per heavy atom. The zero-order valence-electron chi connectivity index (χ0n) is 8.47. The fourth-order valence-corrected chi connectivity index (χ4v) is 1.32. The van der Waals surface area contributed by atoms with Crippen LogP contribution in [0, 0.1) is 0 Å². The van der Waals surface area contributed by atoms with Crippen LogP contribution in [0.3, 0.4) is 0 Å². The lowest BCUT2D eigenvalue weighted by molar-refractivity contribution is 0.0522. The molecule has 0 saturated carbocycles. The first-order chi connectivity index (χ1) is 7.24. The first-order valence-electron chi connectivity index (χ1n) is 4.54. The summed E-state index contributed by atoms with van der Waals surface area (Å²) in [4.78, 5) is 19.4. The summed E-state index contributed by atoms with van der Waals surface area (Å²) in [6.45, 7) is 2.07. The average Bonchev–Trinajstić information content (AvgIpc) is 2.61. The summed E-state index contributed by atoms with van der Waals surface area (Å²) in [6.07, 6.45) is 2.89. The summed E-state index contributed by atoms with van der Waals surface area (Å²) in [7, 11) is 1.75. The minimum atomic E-state index is -0.446. The van der Waals surface area contributed by atoms with Crippen LogP contribution in [0.1, 0.15) is 17.4 Å². The third-order valence-corrected chi connectivity index (χ3v) is 2.00. The maximum absolute atomic E-state index is 11.5. The molecule has 0 aromatic carbocycles. The van der Waals surface area contributed by atoms with Gasteiger partial charge in [-0.1, -0.05) is 0 Å². The van der Waals surface area contributed by atoms with E-state index in [1.54, 1.807) is 24.9 Å². The van der Waals surface area contributed by atoms with Gasteiger partial charge in [-0.2, -0.15) is 5.10 Å². The number of aryl methyl sites for hydroxylation is 1. The molecule has 78 valence electrons. The van der Waals surface area contributed by atoms with Gasteiger partial charge in [0.25, 0.3) is 0 Å². The lowest BCUT2D eigenvalue weighted by Gasteiger charge is -2.01. The van der Waals surface area contributed by atoms with Gasteiger partial charge in [-0.15, -0.1) is 0 Å². The van der Waals surface area contributed by atoms with Crippen LogP contribution in [0.25, 0.3) is 11.0 Å². The van der Waals surface area contributed by atoms with Gasteiger partial charge in [0.05, 0.1) is 18.2 Å². The smallest absolute Gasteiger partial charge is 0.357 e. The van der Waals surface area contributed by atoms with Crippen LogP contribution < -0.4 is 0 Å². The number of carbonyl (C=O) groups is 1.